The van der Waals surface area contributed by atoms with Crippen molar-refractivity contribution in [1.82, 2.24) is 20.4 Å². The number of rotatable bonds is 14. The molecule has 1 fully saturated rings. The lowest BCUT2D eigenvalue weighted by molar-refractivity contribution is -0.137. The quantitative estimate of drug-likeness (QED) is 0.225. The predicted molar refractivity (Wildman–Crippen MR) is 168 cm³/mol. The van der Waals surface area contributed by atoms with E-state index >= 15 is 0 Å². The number of phenolic OH excluding ortho intramolecular Hbond substituents is 1. The van der Waals surface area contributed by atoms with Crippen LogP contribution in [0, 0.1) is 0 Å². The van der Waals surface area contributed by atoms with Crippen molar-refractivity contribution in [1.29, 1.82) is 0 Å². The number of nitrogens with one attached hydrogen (secondary N) is 3. The van der Waals surface area contributed by atoms with E-state index in [2.05, 4.69) is 20.9 Å². The summed E-state index contributed by atoms with van der Waals surface area (Å²) in [5, 5.41) is 18.3. The topological polar surface area (TPSA) is 114 Å². The van der Waals surface area contributed by atoms with E-state index in [1.807, 2.05) is 13.2 Å². The molecule has 1 atom stereocenters. The number of halogens is 3. The van der Waals surface area contributed by atoms with E-state index in [1.165, 1.54) is 55.8 Å². The first-order valence-electron chi connectivity index (χ1n) is 14.1. The smallest absolute Gasteiger partial charge is 0.416 e. The Kier molecular flexibility index (Phi) is 17.0. The molecule has 1 unspecified atom stereocenters. The van der Waals surface area contributed by atoms with Crippen LogP contribution in [0.2, 0.25) is 0 Å². The molecule has 2 aromatic carbocycles. The minimum absolute atomic E-state index is 0. The molecule has 1 heterocycles. The second-order valence-electron chi connectivity index (χ2n) is 10.3. The van der Waals surface area contributed by atoms with Gasteiger partial charge < -0.3 is 25.9 Å². The van der Waals surface area contributed by atoms with E-state index in [1.54, 1.807) is 11.9 Å². The number of aromatic hydroxyl groups is 1. The molecule has 9 nitrogen and oxygen atoms in total. The number of hydrogen-bond donors (Lipinski definition) is 4. The average Bonchev–Trinajstić information content (AvgIpc) is 3.49. The molecule has 0 saturated carbocycles. The summed E-state index contributed by atoms with van der Waals surface area (Å²) in [6.45, 7) is 4.18. The van der Waals surface area contributed by atoms with Crippen LogP contribution in [0.4, 0.5) is 18.9 Å². The molecule has 2 aromatic rings. The number of benzene rings is 2. The second kappa shape index (κ2) is 19.5. The largest absolute Gasteiger partial charge is 0.508 e. The molecule has 4 N–H and O–H groups in total. The normalized spacial score (nSPS) is 14.2. The van der Waals surface area contributed by atoms with E-state index in [4.69, 9.17) is 0 Å². The van der Waals surface area contributed by atoms with Gasteiger partial charge in [-0.15, -0.1) is 0 Å². The van der Waals surface area contributed by atoms with Crippen LogP contribution in [0.25, 0.3) is 0 Å². The summed E-state index contributed by atoms with van der Waals surface area (Å²) in [7, 11) is 5.16. The number of aldehydes is 2. The highest BCUT2D eigenvalue weighted by atomic mass is 19.4. The maximum atomic E-state index is 12.5. The predicted octanol–water partition coefficient (Wildman–Crippen LogP) is 4.68. The Hall–Kier alpha value is -3.74. The molecule has 3 rings (SSSR count). The maximum absolute atomic E-state index is 12.5. The lowest BCUT2D eigenvalue weighted by Crippen LogP contribution is -2.43. The first-order chi connectivity index (χ1) is 20.5. The number of nitrogens with zero attached hydrogens (tertiary/aromatic N) is 2. The Morgan fingerprint density at radius 2 is 1.75 bits per heavy atom. The summed E-state index contributed by atoms with van der Waals surface area (Å²) >= 11 is 0. The van der Waals surface area contributed by atoms with Crippen LogP contribution in [0.15, 0.2) is 54.2 Å². The van der Waals surface area contributed by atoms with Crippen molar-refractivity contribution in [3.8, 4) is 5.75 Å². The van der Waals surface area contributed by atoms with Crippen LogP contribution < -0.4 is 16.0 Å². The van der Waals surface area contributed by atoms with E-state index < -0.39 is 17.8 Å². The Bertz CT molecular complexity index is 1200. The number of anilines is 1. The number of alkyl halides is 3. The lowest BCUT2D eigenvalue weighted by atomic mass is 10.0. The maximum Gasteiger partial charge on any atom is 0.416 e. The van der Waals surface area contributed by atoms with Crippen LogP contribution in [0.1, 0.15) is 54.6 Å². The molecule has 12 heteroatoms. The Balaban J connectivity index is 0.000000431. The summed E-state index contributed by atoms with van der Waals surface area (Å²) in [5.74, 6) is -0.124. The lowest BCUT2D eigenvalue weighted by Gasteiger charge is -2.26. The third kappa shape index (κ3) is 12.9. The molecule has 244 valence electrons. The molecular weight excluding hydrogens is 575 g/mol. The fourth-order valence-corrected chi connectivity index (χ4v) is 4.72. The van der Waals surface area contributed by atoms with Crippen LogP contribution >= 0.6 is 0 Å². The number of phenols is 1. The standard InChI is InChI=1S/C16H22F3N3.C15H20N2O4.CH4/c1-20-10-13(12-22-8-2-3-9-22)11-21-15-6-4-14(5-7-15)16(17,18)19;1-16-15(21)14(4-3-7-18)17(2)9-12-8-13(20)6-5-11(12)10-19;/h4-7,11,20-21H,2-3,8-10,12H2,1H3;5-8,10,14,20H,3-4,9H2,1-2H3,(H,16,21);1H4/b13-11+;;. The highest BCUT2D eigenvalue weighted by molar-refractivity contribution is 5.82. The SMILES string of the molecule is C.CNC(=O)C(CCC=O)N(C)Cc1cc(O)ccc1C=O.CNC/C(=C\Nc1ccc(C(F)(F)F)cc1)CN1CCCC1. The number of hydrogen-bond acceptors (Lipinski definition) is 8. The van der Waals surface area contributed by atoms with Gasteiger partial charge in [-0.3, -0.25) is 19.4 Å². The van der Waals surface area contributed by atoms with Gasteiger partial charge in [0.1, 0.15) is 18.3 Å². The van der Waals surface area contributed by atoms with Crippen molar-refractivity contribution >= 4 is 24.2 Å². The number of carbonyl (C=O) groups is 3. The molecule has 1 aliphatic rings. The first-order valence-corrected chi connectivity index (χ1v) is 14.1. The van der Waals surface area contributed by atoms with Crippen LogP contribution in [0.5, 0.6) is 5.75 Å². The molecule has 0 aromatic heterocycles. The summed E-state index contributed by atoms with van der Waals surface area (Å²) in [4.78, 5) is 37.6. The van der Waals surface area contributed by atoms with Gasteiger partial charge >= 0.3 is 6.18 Å². The third-order valence-corrected chi connectivity index (χ3v) is 7.00. The minimum Gasteiger partial charge on any atom is -0.508 e. The van der Waals surface area contributed by atoms with Gasteiger partial charge in [-0.05, 0) is 100 Å². The number of carbonyl (C=O) groups excluding carboxylic acids is 3. The zero-order valence-corrected chi connectivity index (χ0v) is 24.9. The van der Waals surface area contributed by atoms with Crippen molar-refractivity contribution in [2.75, 3.05) is 52.6 Å². The summed E-state index contributed by atoms with van der Waals surface area (Å²) < 4.78 is 37.5. The van der Waals surface area contributed by atoms with Gasteiger partial charge in [0.2, 0.25) is 5.91 Å². The Labute approximate surface area is 258 Å². The molecule has 1 amide bonds. The minimum atomic E-state index is -4.29. The van der Waals surface area contributed by atoms with Crippen molar-refractivity contribution in [2.45, 2.75) is 51.9 Å². The third-order valence-electron chi connectivity index (χ3n) is 7.00. The zero-order valence-electron chi connectivity index (χ0n) is 24.9. The van der Waals surface area contributed by atoms with Crippen LogP contribution in [-0.4, -0.2) is 86.7 Å². The van der Waals surface area contributed by atoms with Gasteiger partial charge in [0.25, 0.3) is 0 Å². The fraction of sp³-hybridized carbons (Fsp3) is 0.469. The average molecular weight is 622 g/mol. The van der Waals surface area contributed by atoms with Crippen LogP contribution in [0.3, 0.4) is 0 Å². The Morgan fingerprint density at radius 3 is 2.30 bits per heavy atom. The molecule has 0 radical (unpaired) electrons. The molecule has 0 bridgehead atoms. The zero-order chi connectivity index (χ0) is 31.8. The molecule has 1 saturated heterocycles. The first kappa shape index (κ1) is 38.3. The highest BCUT2D eigenvalue weighted by Gasteiger charge is 2.30. The van der Waals surface area contributed by atoms with Gasteiger partial charge in [0, 0.05) is 50.6 Å². The monoisotopic (exact) mass is 621 g/mol. The summed E-state index contributed by atoms with van der Waals surface area (Å²) in [6, 6.07) is 9.09. The van der Waals surface area contributed by atoms with Crippen molar-refractivity contribution in [3.05, 3.63) is 70.9 Å². The number of likely N-dealkylation sites (N-methyl/N-ethyl adjacent to an activating group) is 3. The van der Waals surface area contributed by atoms with E-state index in [0.29, 0.717) is 36.1 Å². The van der Waals surface area contributed by atoms with E-state index in [9.17, 15) is 32.7 Å². The fourth-order valence-electron chi connectivity index (χ4n) is 4.72. The second-order valence-corrected chi connectivity index (χ2v) is 10.3. The summed E-state index contributed by atoms with van der Waals surface area (Å²) in [6.07, 6.45) is 2.23. The highest BCUT2D eigenvalue weighted by Crippen LogP contribution is 2.29. The van der Waals surface area contributed by atoms with Crippen molar-refractivity contribution in [2.24, 2.45) is 0 Å². The molecule has 1 aliphatic heterocycles. The van der Waals surface area contributed by atoms with Gasteiger partial charge in [0.15, 0.2) is 0 Å². The van der Waals surface area contributed by atoms with Crippen LogP contribution in [-0.2, 0) is 22.3 Å². The Morgan fingerprint density at radius 1 is 1.09 bits per heavy atom. The van der Waals surface area contributed by atoms with Gasteiger partial charge in [-0.1, -0.05) is 7.43 Å². The molecule has 44 heavy (non-hydrogen) atoms. The van der Waals surface area contributed by atoms with E-state index in [0.717, 1.165) is 44.6 Å². The van der Waals surface area contributed by atoms with Gasteiger partial charge in [0.05, 0.1) is 11.6 Å². The molecule has 0 aliphatic carbocycles. The van der Waals surface area contributed by atoms with Crippen molar-refractivity contribution < 1.29 is 32.7 Å². The number of amides is 1. The van der Waals surface area contributed by atoms with Crippen molar-refractivity contribution in [3.63, 3.8) is 0 Å². The molecular formula is C32H46F3N5O4. The van der Waals surface area contributed by atoms with Gasteiger partial charge in [-0.2, -0.15) is 13.2 Å². The summed E-state index contributed by atoms with van der Waals surface area (Å²) in [5.41, 5.74) is 2.31. The molecule has 0 spiro atoms. The van der Waals surface area contributed by atoms with Gasteiger partial charge in [-0.25, -0.2) is 0 Å². The van der Waals surface area contributed by atoms with E-state index in [-0.39, 0.29) is 25.5 Å². The number of likely N-dealkylation sites (tertiary alicyclic amines) is 1.